The number of hydrogen-bond acceptors (Lipinski definition) is 5. The normalized spacial score (nSPS) is 20.1. The Bertz CT molecular complexity index is 1180. The highest BCUT2D eigenvalue weighted by Crippen LogP contribution is 2.47. The third-order valence-electron chi connectivity index (χ3n) is 5.10. The predicted octanol–water partition coefficient (Wildman–Crippen LogP) is 3.27. The molecule has 2 aromatic rings. The summed E-state index contributed by atoms with van der Waals surface area (Å²) in [6, 6.07) is 3.19. The second-order valence-corrected chi connectivity index (χ2v) is 7.51. The van der Waals surface area contributed by atoms with Crippen LogP contribution in [0, 0.1) is 23.6 Å². The zero-order valence-electron chi connectivity index (χ0n) is 16.7. The number of carbonyl (C=O) groups excluding carboxylic acids is 1. The van der Waals surface area contributed by atoms with E-state index < -0.39 is 29.0 Å². The molecule has 1 aliphatic heterocycles. The van der Waals surface area contributed by atoms with Gasteiger partial charge in [-0.15, -0.1) is 0 Å². The average molecular weight is 433 g/mol. The summed E-state index contributed by atoms with van der Waals surface area (Å²) in [6.45, 7) is 0.334. The summed E-state index contributed by atoms with van der Waals surface area (Å²) < 4.78 is 55.3. The van der Waals surface area contributed by atoms with Crippen molar-refractivity contribution in [1.82, 2.24) is 9.55 Å². The van der Waals surface area contributed by atoms with Crippen LogP contribution in [0.4, 0.5) is 23.7 Å². The van der Waals surface area contributed by atoms with E-state index in [4.69, 9.17) is 9.47 Å². The van der Waals surface area contributed by atoms with Crippen molar-refractivity contribution in [1.29, 1.82) is 0 Å². The van der Waals surface area contributed by atoms with Gasteiger partial charge in [-0.1, -0.05) is 5.92 Å². The quantitative estimate of drug-likeness (QED) is 0.749. The first kappa shape index (κ1) is 20.8. The van der Waals surface area contributed by atoms with Gasteiger partial charge in [-0.2, -0.15) is 0 Å². The van der Waals surface area contributed by atoms with Gasteiger partial charge in [-0.3, -0.25) is 14.7 Å². The largest absolute Gasteiger partial charge is 0.481 e. The maximum absolute atomic E-state index is 15.0. The van der Waals surface area contributed by atoms with Gasteiger partial charge in [0, 0.05) is 24.0 Å². The molecular weight excluding hydrogens is 415 g/mol. The highest BCUT2D eigenvalue weighted by molar-refractivity contribution is 5.90. The number of aromatic nitrogens is 2. The second kappa shape index (κ2) is 7.34. The van der Waals surface area contributed by atoms with Crippen molar-refractivity contribution < 1.29 is 27.4 Å². The van der Waals surface area contributed by atoms with E-state index in [1.54, 1.807) is 0 Å². The SMILES string of the molecule is COc1cc(=O)n(Cc2cc3c(cc2F)[C@@](C#CC2CC2)(C(C)(F)F)OC(=O)N3)cn1. The molecule has 1 aliphatic carbocycles. The van der Waals surface area contributed by atoms with Gasteiger partial charge >= 0.3 is 6.09 Å². The summed E-state index contributed by atoms with van der Waals surface area (Å²) in [5.74, 6) is 0.706. The number of nitrogens with zero attached hydrogens (tertiary/aromatic N) is 2. The maximum atomic E-state index is 15.0. The molecule has 0 spiro atoms. The number of cyclic esters (lactones) is 1. The zero-order valence-corrected chi connectivity index (χ0v) is 16.7. The minimum atomic E-state index is -3.60. The van der Waals surface area contributed by atoms with E-state index in [9.17, 15) is 22.8 Å². The molecule has 1 aromatic heterocycles. The van der Waals surface area contributed by atoms with Crippen LogP contribution in [0.3, 0.4) is 0 Å². The Morgan fingerprint density at radius 3 is 2.71 bits per heavy atom. The molecule has 1 saturated carbocycles. The lowest BCUT2D eigenvalue weighted by Crippen LogP contribution is -2.50. The minimum Gasteiger partial charge on any atom is -0.481 e. The summed E-state index contributed by atoms with van der Waals surface area (Å²) >= 11 is 0. The summed E-state index contributed by atoms with van der Waals surface area (Å²) in [4.78, 5) is 28.2. The fourth-order valence-corrected chi connectivity index (χ4v) is 3.25. The van der Waals surface area contributed by atoms with Crippen LogP contribution in [0.25, 0.3) is 0 Å². The van der Waals surface area contributed by atoms with Crippen molar-refractivity contribution in [2.75, 3.05) is 12.4 Å². The number of carbonyl (C=O) groups is 1. The molecule has 1 N–H and O–H groups in total. The van der Waals surface area contributed by atoms with E-state index in [1.807, 2.05) is 0 Å². The highest BCUT2D eigenvalue weighted by atomic mass is 19.3. The summed E-state index contributed by atoms with van der Waals surface area (Å²) in [5.41, 5.74) is -3.48. The lowest BCUT2D eigenvalue weighted by molar-refractivity contribution is -0.142. The zero-order chi connectivity index (χ0) is 22.4. The lowest BCUT2D eigenvalue weighted by Gasteiger charge is -2.38. The molecule has 1 fully saturated rings. The first-order valence-electron chi connectivity index (χ1n) is 9.47. The van der Waals surface area contributed by atoms with Crippen LogP contribution in [0.5, 0.6) is 5.88 Å². The van der Waals surface area contributed by atoms with E-state index in [2.05, 4.69) is 22.1 Å². The molecule has 4 rings (SSSR count). The van der Waals surface area contributed by atoms with Crippen molar-refractivity contribution in [3.63, 3.8) is 0 Å². The number of anilines is 1. The van der Waals surface area contributed by atoms with Crippen LogP contribution in [0.2, 0.25) is 0 Å². The Labute approximate surface area is 175 Å². The van der Waals surface area contributed by atoms with Crippen LogP contribution in [-0.2, 0) is 16.9 Å². The van der Waals surface area contributed by atoms with E-state index in [0.717, 1.165) is 29.5 Å². The number of ether oxygens (including phenoxy) is 2. The molecule has 1 atom stereocenters. The fourth-order valence-electron chi connectivity index (χ4n) is 3.25. The van der Waals surface area contributed by atoms with Crippen LogP contribution in [0.15, 0.2) is 29.3 Å². The fraction of sp³-hybridized carbons (Fsp3) is 0.381. The Morgan fingerprint density at radius 1 is 1.35 bits per heavy atom. The van der Waals surface area contributed by atoms with E-state index >= 15 is 0 Å². The van der Waals surface area contributed by atoms with Gasteiger partial charge in [0.25, 0.3) is 17.1 Å². The number of methoxy groups -OCH3 is 1. The summed E-state index contributed by atoms with van der Waals surface area (Å²) in [6.07, 6.45) is 1.60. The van der Waals surface area contributed by atoms with Gasteiger partial charge in [0.05, 0.1) is 25.4 Å². The van der Waals surface area contributed by atoms with E-state index in [-0.39, 0.29) is 35.2 Å². The summed E-state index contributed by atoms with van der Waals surface area (Å²) in [5, 5.41) is 2.32. The third kappa shape index (κ3) is 3.83. The van der Waals surface area contributed by atoms with Crippen molar-refractivity contribution in [2.45, 2.75) is 37.8 Å². The standard InChI is InChI=1S/C21H18F3N3O4/c1-20(23,24)21(6-5-12-3-4-12)14-8-15(22)13(7-16(14)26-19(29)31-21)10-27-11-25-17(30-2)9-18(27)28/h7-9,11-12H,3-4,10H2,1-2H3,(H,26,29)/t21-/m0/s1. The van der Waals surface area contributed by atoms with E-state index in [1.165, 1.54) is 19.5 Å². The van der Waals surface area contributed by atoms with Crippen LogP contribution >= 0.6 is 0 Å². The maximum Gasteiger partial charge on any atom is 0.413 e. The molecule has 2 heterocycles. The number of benzene rings is 1. The van der Waals surface area contributed by atoms with Crippen molar-refractivity contribution in [3.8, 4) is 17.7 Å². The monoisotopic (exact) mass is 433 g/mol. The number of rotatable bonds is 4. The molecular formula is C21H18F3N3O4. The van der Waals surface area contributed by atoms with Gasteiger partial charge in [0.1, 0.15) is 12.1 Å². The number of fused-ring (bicyclic) bond motifs is 1. The number of halogens is 3. The lowest BCUT2D eigenvalue weighted by atomic mass is 9.85. The molecule has 1 amide bonds. The highest BCUT2D eigenvalue weighted by Gasteiger charge is 2.58. The number of hydrogen-bond donors (Lipinski definition) is 1. The average Bonchev–Trinajstić information content (AvgIpc) is 3.52. The van der Waals surface area contributed by atoms with Crippen LogP contribution in [0.1, 0.15) is 30.9 Å². The molecule has 0 unspecified atom stereocenters. The molecule has 31 heavy (non-hydrogen) atoms. The Hall–Kier alpha value is -3.48. The number of alkyl halides is 2. The van der Waals surface area contributed by atoms with Crippen LogP contribution < -0.4 is 15.6 Å². The van der Waals surface area contributed by atoms with Crippen molar-refractivity contribution in [2.24, 2.45) is 5.92 Å². The third-order valence-corrected chi connectivity index (χ3v) is 5.10. The molecule has 7 nitrogen and oxygen atoms in total. The van der Waals surface area contributed by atoms with Crippen molar-refractivity contribution >= 4 is 11.8 Å². The molecule has 0 saturated heterocycles. The van der Waals surface area contributed by atoms with Gasteiger partial charge in [-0.25, -0.2) is 22.9 Å². The summed E-state index contributed by atoms with van der Waals surface area (Å²) in [7, 11) is 1.35. The molecule has 1 aromatic carbocycles. The number of nitrogens with one attached hydrogen (secondary N) is 1. The predicted molar refractivity (Wildman–Crippen MR) is 103 cm³/mol. The molecule has 2 aliphatic rings. The molecule has 0 bridgehead atoms. The van der Waals surface area contributed by atoms with Gasteiger partial charge in [0.15, 0.2) is 0 Å². The minimum absolute atomic E-state index is 0.0153. The van der Waals surface area contributed by atoms with Gasteiger partial charge < -0.3 is 9.47 Å². The first-order valence-corrected chi connectivity index (χ1v) is 9.47. The molecule has 0 radical (unpaired) electrons. The topological polar surface area (TPSA) is 82.5 Å². The van der Waals surface area contributed by atoms with Gasteiger partial charge in [-0.05, 0) is 30.9 Å². The van der Waals surface area contributed by atoms with Crippen LogP contribution in [-0.4, -0.2) is 28.7 Å². The smallest absolute Gasteiger partial charge is 0.413 e. The second-order valence-electron chi connectivity index (χ2n) is 7.51. The van der Waals surface area contributed by atoms with Gasteiger partial charge in [0.2, 0.25) is 5.88 Å². The Morgan fingerprint density at radius 2 is 2.10 bits per heavy atom. The first-order chi connectivity index (χ1) is 14.6. The molecule has 162 valence electrons. The van der Waals surface area contributed by atoms with Crippen molar-refractivity contribution in [3.05, 3.63) is 51.8 Å². The van der Waals surface area contributed by atoms with E-state index in [0.29, 0.717) is 6.92 Å². The number of amides is 1. The Balaban J connectivity index is 1.80. The molecule has 10 heteroatoms. The Kier molecular flexibility index (Phi) is 4.92.